The summed E-state index contributed by atoms with van der Waals surface area (Å²) in [6.07, 6.45) is -10.4. The van der Waals surface area contributed by atoms with Gasteiger partial charge in [0, 0.05) is 0 Å². The van der Waals surface area contributed by atoms with E-state index in [2.05, 4.69) is 9.72 Å². The van der Waals surface area contributed by atoms with Crippen LogP contribution in [0.4, 0.5) is 26.3 Å². The van der Waals surface area contributed by atoms with Crippen molar-refractivity contribution in [3.05, 3.63) is 17.3 Å². The first-order valence-electron chi connectivity index (χ1n) is 4.01. The molecule has 4 nitrogen and oxygen atoms in total. The molecule has 0 aliphatic carbocycles. The van der Waals surface area contributed by atoms with Crippen molar-refractivity contribution < 1.29 is 36.2 Å². The minimum absolute atomic E-state index is 0.116. The lowest BCUT2D eigenvalue weighted by Crippen LogP contribution is -2.20. The number of aromatic nitrogens is 1. The van der Waals surface area contributed by atoms with Crippen LogP contribution in [0.1, 0.15) is 11.1 Å². The van der Waals surface area contributed by atoms with E-state index in [1.54, 1.807) is 0 Å². The molecule has 1 heterocycles. The van der Waals surface area contributed by atoms with Crippen LogP contribution >= 0.6 is 0 Å². The number of alkyl halides is 6. The summed E-state index contributed by atoms with van der Waals surface area (Å²) >= 11 is 0. The van der Waals surface area contributed by atoms with E-state index in [9.17, 15) is 26.3 Å². The second-order valence-corrected chi connectivity index (χ2v) is 2.86. The Hall–Kier alpha value is -2.18. The maximum absolute atomic E-state index is 12.4. The molecule has 0 aromatic carbocycles. The number of rotatable bonds is 1. The smallest absolute Gasteiger partial charge is 0.506 e. The molecule has 0 atom stereocenters. The van der Waals surface area contributed by atoms with Gasteiger partial charge in [0.05, 0.1) is 6.20 Å². The summed E-state index contributed by atoms with van der Waals surface area (Å²) < 4.78 is 76.1. The highest BCUT2D eigenvalue weighted by Crippen LogP contribution is 2.41. The number of hydrogen-bond donors (Lipinski definition) is 1. The molecule has 0 saturated carbocycles. The topological polar surface area (TPSA) is 66.1 Å². The Bertz CT molecular complexity index is 502. The van der Waals surface area contributed by atoms with Crippen LogP contribution in [0.5, 0.6) is 11.6 Å². The molecule has 0 bridgehead atoms. The van der Waals surface area contributed by atoms with Crippen molar-refractivity contribution >= 4 is 0 Å². The van der Waals surface area contributed by atoms with Crippen LogP contribution in [0.15, 0.2) is 6.20 Å². The minimum atomic E-state index is -5.31. The first-order valence-corrected chi connectivity index (χ1v) is 4.01. The van der Waals surface area contributed by atoms with Crippen molar-refractivity contribution in [2.45, 2.75) is 12.5 Å². The lowest BCUT2D eigenvalue weighted by atomic mass is 10.1. The van der Waals surface area contributed by atoms with Gasteiger partial charge in [-0.1, -0.05) is 0 Å². The predicted octanol–water partition coefficient (Wildman–Crippen LogP) is 2.58. The van der Waals surface area contributed by atoms with Crippen molar-refractivity contribution in [1.82, 2.24) is 4.98 Å². The maximum Gasteiger partial charge on any atom is 0.574 e. The number of nitrogens with zero attached hydrogens (tertiary/aromatic N) is 2. The maximum atomic E-state index is 12.4. The Kier molecular flexibility index (Phi) is 3.27. The molecule has 18 heavy (non-hydrogen) atoms. The molecule has 1 rings (SSSR count). The Balaban J connectivity index is 3.46. The van der Waals surface area contributed by atoms with Gasteiger partial charge in [-0.05, 0) is 0 Å². The third-order valence-corrected chi connectivity index (χ3v) is 1.63. The zero-order valence-corrected chi connectivity index (χ0v) is 8.10. The van der Waals surface area contributed by atoms with E-state index in [0.29, 0.717) is 0 Å². The number of ether oxygens (including phenoxy) is 1. The molecule has 1 N–H and O–H groups in total. The fraction of sp³-hybridized carbons (Fsp3) is 0.250. The lowest BCUT2D eigenvalue weighted by molar-refractivity contribution is -0.276. The van der Waals surface area contributed by atoms with Gasteiger partial charge in [-0.15, -0.1) is 13.2 Å². The molecule has 0 amide bonds. The summed E-state index contributed by atoms with van der Waals surface area (Å²) in [5.74, 6) is -3.04. The molecule has 0 aliphatic heterocycles. The Labute approximate surface area is 95.0 Å². The third-order valence-electron chi connectivity index (χ3n) is 1.63. The summed E-state index contributed by atoms with van der Waals surface area (Å²) in [7, 11) is 0. The highest BCUT2D eigenvalue weighted by molar-refractivity contribution is 5.52. The van der Waals surface area contributed by atoms with Crippen LogP contribution in [0.3, 0.4) is 0 Å². The second-order valence-electron chi connectivity index (χ2n) is 2.86. The molecule has 0 unspecified atom stereocenters. The van der Waals surface area contributed by atoms with Crippen LogP contribution in [-0.2, 0) is 6.18 Å². The monoisotopic (exact) mass is 272 g/mol. The quantitative estimate of drug-likeness (QED) is 0.798. The van der Waals surface area contributed by atoms with Gasteiger partial charge in [0.2, 0.25) is 5.88 Å². The Morgan fingerprint density at radius 1 is 1.22 bits per heavy atom. The molecule has 0 aliphatic rings. The van der Waals surface area contributed by atoms with Crippen LogP contribution in [0, 0.1) is 11.3 Å². The second kappa shape index (κ2) is 4.25. The van der Waals surface area contributed by atoms with E-state index in [4.69, 9.17) is 10.4 Å². The molecule has 98 valence electrons. The average molecular weight is 272 g/mol. The molecule has 0 radical (unpaired) electrons. The summed E-state index contributed by atoms with van der Waals surface area (Å²) in [6.45, 7) is 0. The summed E-state index contributed by atoms with van der Waals surface area (Å²) in [4.78, 5) is 2.79. The van der Waals surface area contributed by atoms with Gasteiger partial charge in [0.1, 0.15) is 22.9 Å². The van der Waals surface area contributed by atoms with Gasteiger partial charge in [-0.25, -0.2) is 4.98 Å². The van der Waals surface area contributed by atoms with E-state index in [1.807, 2.05) is 0 Å². The van der Waals surface area contributed by atoms with Crippen LogP contribution in [-0.4, -0.2) is 16.5 Å². The molecule has 1 aromatic heterocycles. The van der Waals surface area contributed by atoms with Gasteiger partial charge in [0.25, 0.3) is 0 Å². The summed E-state index contributed by atoms with van der Waals surface area (Å²) in [5.41, 5.74) is -3.47. The van der Waals surface area contributed by atoms with E-state index >= 15 is 0 Å². The van der Waals surface area contributed by atoms with Crippen molar-refractivity contribution in [2.75, 3.05) is 0 Å². The first kappa shape index (κ1) is 13.9. The van der Waals surface area contributed by atoms with E-state index < -0.39 is 35.3 Å². The molecular weight excluding hydrogens is 270 g/mol. The van der Waals surface area contributed by atoms with Crippen molar-refractivity contribution in [1.29, 1.82) is 5.26 Å². The fourth-order valence-corrected chi connectivity index (χ4v) is 1.06. The van der Waals surface area contributed by atoms with Gasteiger partial charge >= 0.3 is 12.5 Å². The highest BCUT2D eigenvalue weighted by Gasteiger charge is 2.41. The summed E-state index contributed by atoms with van der Waals surface area (Å²) in [5, 5.41) is 17.3. The molecule has 0 saturated heterocycles. The summed E-state index contributed by atoms with van der Waals surface area (Å²) in [6, 6.07) is 0.867. The first-order chi connectivity index (χ1) is 8.06. The normalized spacial score (nSPS) is 12.1. The van der Waals surface area contributed by atoms with Crippen molar-refractivity contribution in [2.24, 2.45) is 0 Å². The molecule has 0 fully saturated rings. The van der Waals surface area contributed by atoms with Crippen molar-refractivity contribution in [3.8, 4) is 17.7 Å². The number of aromatic hydroxyl groups is 1. The van der Waals surface area contributed by atoms with Gasteiger partial charge in [-0.2, -0.15) is 18.4 Å². The molecule has 0 spiro atoms. The number of nitriles is 1. The predicted molar refractivity (Wildman–Crippen MR) is 42.3 cm³/mol. The number of hydrogen-bond acceptors (Lipinski definition) is 4. The fourth-order valence-electron chi connectivity index (χ4n) is 1.06. The minimum Gasteiger partial charge on any atom is -0.506 e. The number of pyridine rings is 1. The standard InChI is InChI=1S/C8H2F6N2O2/c9-7(10,11)5-3(1-15)6(16-2-4(5)17)18-8(12,13)14/h2,17H. The average Bonchev–Trinajstić information content (AvgIpc) is 2.16. The Morgan fingerprint density at radius 3 is 2.17 bits per heavy atom. The molecule has 10 heteroatoms. The van der Waals surface area contributed by atoms with Gasteiger partial charge in [0.15, 0.2) is 0 Å². The van der Waals surface area contributed by atoms with Crippen LogP contribution < -0.4 is 4.74 Å². The zero-order valence-electron chi connectivity index (χ0n) is 8.10. The van der Waals surface area contributed by atoms with Crippen LogP contribution in [0.2, 0.25) is 0 Å². The SMILES string of the molecule is N#Cc1c(OC(F)(F)F)ncc(O)c1C(F)(F)F. The highest BCUT2D eigenvalue weighted by atomic mass is 19.4. The molecule has 1 aromatic rings. The van der Waals surface area contributed by atoms with Crippen LogP contribution in [0.25, 0.3) is 0 Å². The third kappa shape index (κ3) is 2.93. The van der Waals surface area contributed by atoms with Crippen molar-refractivity contribution in [3.63, 3.8) is 0 Å². The van der Waals surface area contributed by atoms with E-state index in [0.717, 1.165) is 6.07 Å². The number of halogens is 6. The molecular formula is C8H2F6N2O2. The zero-order chi connectivity index (χ0) is 14.1. The van der Waals surface area contributed by atoms with E-state index in [1.165, 1.54) is 0 Å². The van der Waals surface area contributed by atoms with E-state index in [-0.39, 0.29) is 6.20 Å². The lowest BCUT2D eigenvalue weighted by Gasteiger charge is -2.14. The van der Waals surface area contributed by atoms with Gasteiger partial charge in [-0.3, -0.25) is 0 Å². The van der Waals surface area contributed by atoms with Gasteiger partial charge < -0.3 is 9.84 Å². The largest absolute Gasteiger partial charge is 0.574 e. The Morgan fingerprint density at radius 2 is 1.78 bits per heavy atom.